The van der Waals surface area contributed by atoms with Crippen LogP contribution in [0.4, 0.5) is 0 Å². The fraction of sp³-hybridized carbons (Fsp3) is 0.192. The number of para-hydroxylation sites is 2. The van der Waals surface area contributed by atoms with Crippen LogP contribution in [0, 0.1) is 0 Å². The molecule has 0 saturated heterocycles. The van der Waals surface area contributed by atoms with Gasteiger partial charge < -0.3 is 15.0 Å². The maximum Gasteiger partial charge on any atom is 0.151 e. The van der Waals surface area contributed by atoms with Gasteiger partial charge in [0.05, 0.1) is 23.4 Å². The molecule has 0 spiro atoms. The van der Waals surface area contributed by atoms with Crippen molar-refractivity contribution in [1.82, 2.24) is 15.3 Å². The van der Waals surface area contributed by atoms with E-state index in [1.807, 2.05) is 6.07 Å². The second kappa shape index (κ2) is 8.28. The molecule has 0 saturated carbocycles. The molecule has 32 heavy (non-hydrogen) atoms. The quantitative estimate of drug-likeness (QED) is 0.304. The van der Waals surface area contributed by atoms with Crippen LogP contribution in [0.3, 0.4) is 0 Å². The lowest BCUT2D eigenvalue weighted by atomic mass is 9.93. The third-order valence-electron chi connectivity index (χ3n) is 6.12. The number of aromatic amines is 1. The molecule has 0 fully saturated rings. The van der Waals surface area contributed by atoms with Crippen molar-refractivity contribution in [3.8, 4) is 5.75 Å². The number of thiazole rings is 1. The Hall–Kier alpha value is -2.80. The Bertz CT molecular complexity index is 1390. The Balaban J connectivity index is 1.32. The van der Waals surface area contributed by atoms with Gasteiger partial charge in [0.25, 0.3) is 0 Å². The maximum absolute atomic E-state index is 5.69. The molecule has 2 N–H and O–H groups in total. The van der Waals surface area contributed by atoms with Crippen molar-refractivity contribution < 1.29 is 4.74 Å². The van der Waals surface area contributed by atoms with Crippen molar-refractivity contribution in [2.45, 2.75) is 22.6 Å². The molecule has 0 radical (unpaired) electrons. The number of fused-ring (bicyclic) bond motifs is 4. The number of benzene rings is 3. The van der Waals surface area contributed by atoms with Crippen molar-refractivity contribution in [2.75, 3.05) is 13.7 Å². The van der Waals surface area contributed by atoms with Gasteiger partial charge in [-0.3, -0.25) is 0 Å². The standard InChI is InChI=1S/C26H23N3OS2/c1-30-22-11-10-16(14-17(22)15-31-26-29-21-8-4-5-9-23(21)32-26)24-25-19(12-13-27-24)18-6-2-3-7-20(18)28-25/h2-11,14,24,27-28H,12-13,15H2,1H3/t24-/m1/s1. The molecular formula is C26H23N3OS2. The Morgan fingerprint density at radius 3 is 2.88 bits per heavy atom. The van der Waals surface area contributed by atoms with Crippen molar-refractivity contribution >= 4 is 44.2 Å². The molecule has 0 unspecified atom stereocenters. The Morgan fingerprint density at radius 1 is 1.09 bits per heavy atom. The van der Waals surface area contributed by atoms with Crippen LogP contribution in [-0.4, -0.2) is 23.6 Å². The van der Waals surface area contributed by atoms with E-state index in [2.05, 4.69) is 71.0 Å². The van der Waals surface area contributed by atoms with Gasteiger partial charge in [-0.25, -0.2) is 4.98 Å². The molecule has 0 aliphatic carbocycles. The molecule has 2 aromatic heterocycles. The van der Waals surface area contributed by atoms with Gasteiger partial charge in [0.1, 0.15) is 5.75 Å². The number of nitrogens with one attached hydrogen (secondary N) is 2. The van der Waals surface area contributed by atoms with Crippen LogP contribution in [0.2, 0.25) is 0 Å². The molecule has 160 valence electrons. The molecule has 6 rings (SSSR count). The van der Waals surface area contributed by atoms with Gasteiger partial charge >= 0.3 is 0 Å². The zero-order chi connectivity index (χ0) is 21.5. The second-order valence-corrected chi connectivity index (χ2v) is 10.3. The number of nitrogens with zero attached hydrogens (tertiary/aromatic N) is 1. The van der Waals surface area contributed by atoms with Crippen molar-refractivity contribution in [3.63, 3.8) is 0 Å². The van der Waals surface area contributed by atoms with E-state index in [0.29, 0.717) is 0 Å². The number of aromatic nitrogens is 2. The number of H-pyrrole nitrogens is 1. The summed E-state index contributed by atoms with van der Waals surface area (Å²) in [6, 6.07) is 23.6. The summed E-state index contributed by atoms with van der Waals surface area (Å²) in [6.07, 6.45) is 1.05. The van der Waals surface area contributed by atoms with E-state index < -0.39 is 0 Å². The van der Waals surface area contributed by atoms with Gasteiger partial charge in [0.2, 0.25) is 0 Å². The highest BCUT2D eigenvalue weighted by Gasteiger charge is 2.25. The lowest BCUT2D eigenvalue weighted by Gasteiger charge is -2.25. The first-order valence-electron chi connectivity index (χ1n) is 10.8. The smallest absolute Gasteiger partial charge is 0.151 e. The van der Waals surface area contributed by atoms with Crippen LogP contribution < -0.4 is 10.1 Å². The molecule has 0 bridgehead atoms. The summed E-state index contributed by atoms with van der Waals surface area (Å²) < 4.78 is 8.01. The van der Waals surface area contributed by atoms with E-state index >= 15 is 0 Å². The molecule has 6 heteroatoms. The topological polar surface area (TPSA) is 49.9 Å². The first-order chi connectivity index (χ1) is 15.8. The highest BCUT2D eigenvalue weighted by atomic mass is 32.2. The summed E-state index contributed by atoms with van der Waals surface area (Å²) in [6.45, 7) is 0.974. The highest BCUT2D eigenvalue weighted by molar-refractivity contribution is 8.00. The largest absolute Gasteiger partial charge is 0.496 e. The fourth-order valence-electron chi connectivity index (χ4n) is 4.61. The van der Waals surface area contributed by atoms with Crippen LogP contribution in [0.15, 0.2) is 71.1 Å². The normalized spacial score (nSPS) is 15.8. The van der Waals surface area contributed by atoms with E-state index in [-0.39, 0.29) is 6.04 Å². The van der Waals surface area contributed by atoms with Gasteiger partial charge in [-0.15, -0.1) is 11.3 Å². The average molecular weight is 458 g/mol. The van der Waals surface area contributed by atoms with Crippen LogP contribution in [-0.2, 0) is 12.2 Å². The van der Waals surface area contributed by atoms with E-state index in [4.69, 9.17) is 9.72 Å². The average Bonchev–Trinajstić information content (AvgIpc) is 3.43. The first-order valence-corrected chi connectivity index (χ1v) is 12.6. The minimum absolute atomic E-state index is 0.156. The molecule has 3 aromatic carbocycles. The molecule has 5 aromatic rings. The zero-order valence-corrected chi connectivity index (χ0v) is 19.4. The minimum Gasteiger partial charge on any atom is -0.496 e. The van der Waals surface area contributed by atoms with Crippen molar-refractivity contribution in [2.24, 2.45) is 0 Å². The van der Waals surface area contributed by atoms with Crippen LogP contribution in [0.5, 0.6) is 5.75 Å². The first kappa shape index (κ1) is 19.9. The molecule has 1 atom stereocenters. The molecule has 1 aliphatic rings. The zero-order valence-electron chi connectivity index (χ0n) is 17.7. The molecule has 4 nitrogen and oxygen atoms in total. The van der Waals surface area contributed by atoms with E-state index in [1.54, 1.807) is 30.2 Å². The van der Waals surface area contributed by atoms with E-state index in [0.717, 1.165) is 34.3 Å². The van der Waals surface area contributed by atoms with Gasteiger partial charge in [-0.1, -0.05) is 48.2 Å². The molecular weight excluding hydrogens is 434 g/mol. The summed E-state index contributed by atoms with van der Waals surface area (Å²) in [4.78, 5) is 8.45. The Labute approximate surface area is 195 Å². The predicted octanol–water partition coefficient (Wildman–Crippen LogP) is 6.31. The Kier molecular flexibility index (Phi) is 5.14. The van der Waals surface area contributed by atoms with Crippen molar-refractivity contribution in [1.29, 1.82) is 0 Å². The number of hydrogen-bond donors (Lipinski definition) is 2. The maximum atomic E-state index is 5.69. The minimum atomic E-state index is 0.156. The molecule has 3 heterocycles. The summed E-state index contributed by atoms with van der Waals surface area (Å²) in [5, 5.41) is 5.06. The van der Waals surface area contributed by atoms with Crippen LogP contribution in [0.25, 0.3) is 21.1 Å². The van der Waals surface area contributed by atoms with Crippen LogP contribution in [0.1, 0.15) is 28.4 Å². The summed E-state index contributed by atoms with van der Waals surface area (Å²) in [7, 11) is 1.75. The number of hydrogen-bond acceptors (Lipinski definition) is 5. The van der Waals surface area contributed by atoms with Crippen molar-refractivity contribution in [3.05, 3.63) is 89.1 Å². The second-order valence-electron chi connectivity index (χ2n) is 8.01. The third-order valence-corrected chi connectivity index (χ3v) is 8.35. The molecule has 0 amide bonds. The van der Waals surface area contributed by atoms with E-state index in [9.17, 15) is 0 Å². The summed E-state index contributed by atoms with van der Waals surface area (Å²) >= 11 is 3.52. The SMILES string of the molecule is COc1ccc([C@H]2NCCc3c2[nH]c2ccccc32)cc1CSc1nc2ccccc2s1. The number of ether oxygens (including phenoxy) is 1. The summed E-state index contributed by atoms with van der Waals surface area (Å²) in [5.41, 5.74) is 7.46. The lowest BCUT2D eigenvalue weighted by Crippen LogP contribution is -2.30. The summed E-state index contributed by atoms with van der Waals surface area (Å²) in [5.74, 6) is 1.75. The van der Waals surface area contributed by atoms with Crippen LogP contribution >= 0.6 is 23.1 Å². The monoisotopic (exact) mass is 457 g/mol. The molecule has 1 aliphatic heterocycles. The number of thioether (sulfide) groups is 1. The van der Waals surface area contributed by atoms with Gasteiger partial charge in [0.15, 0.2) is 4.34 Å². The Morgan fingerprint density at radius 2 is 1.97 bits per heavy atom. The number of methoxy groups -OCH3 is 1. The fourth-order valence-corrected chi connectivity index (χ4v) is 6.65. The number of rotatable bonds is 5. The third kappa shape index (κ3) is 3.48. The van der Waals surface area contributed by atoms with Gasteiger partial charge in [-0.05, 0) is 47.9 Å². The van der Waals surface area contributed by atoms with Gasteiger partial charge in [-0.2, -0.15) is 0 Å². The highest BCUT2D eigenvalue weighted by Crippen LogP contribution is 2.37. The lowest BCUT2D eigenvalue weighted by molar-refractivity contribution is 0.411. The van der Waals surface area contributed by atoms with Gasteiger partial charge in [0, 0.05) is 34.5 Å². The predicted molar refractivity (Wildman–Crippen MR) is 134 cm³/mol. The van der Waals surface area contributed by atoms with E-state index in [1.165, 1.54) is 38.0 Å².